The molecule has 0 saturated heterocycles. The minimum absolute atomic E-state index is 0.0152. The smallest absolute Gasteiger partial charge is 0.258 e. The second-order valence-electron chi connectivity index (χ2n) is 6.90. The zero-order chi connectivity index (χ0) is 19.3. The van der Waals surface area contributed by atoms with Crippen molar-refractivity contribution < 1.29 is 9.59 Å². The Bertz CT molecular complexity index is 968. The summed E-state index contributed by atoms with van der Waals surface area (Å²) in [5.74, 6) is 0.0376. The summed E-state index contributed by atoms with van der Waals surface area (Å²) in [7, 11) is 0. The van der Waals surface area contributed by atoms with Crippen LogP contribution in [0.5, 0.6) is 0 Å². The van der Waals surface area contributed by atoms with Crippen molar-refractivity contribution in [3.63, 3.8) is 0 Å². The van der Waals surface area contributed by atoms with Gasteiger partial charge >= 0.3 is 0 Å². The van der Waals surface area contributed by atoms with Gasteiger partial charge in [-0.15, -0.1) is 11.3 Å². The first-order valence-electron chi connectivity index (χ1n) is 9.53. The summed E-state index contributed by atoms with van der Waals surface area (Å²) in [4.78, 5) is 28.2. The number of benzene rings is 2. The van der Waals surface area contributed by atoms with Crippen LogP contribution in [0.15, 0.2) is 66.0 Å². The van der Waals surface area contributed by atoms with E-state index in [1.54, 1.807) is 11.3 Å². The molecule has 0 unspecified atom stereocenters. The summed E-state index contributed by atoms with van der Waals surface area (Å²) < 4.78 is 0. The number of fused-ring (bicyclic) bond motifs is 1. The Morgan fingerprint density at radius 1 is 1.04 bits per heavy atom. The third kappa shape index (κ3) is 4.15. The van der Waals surface area contributed by atoms with Gasteiger partial charge in [-0.1, -0.05) is 24.3 Å². The molecule has 1 aromatic heterocycles. The predicted octanol–water partition coefficient (Wildman–Crippen LogP) is 4.91. The number of carbonyl (C=O) groups is 2. The van der Waals surface area contributed by atoms with Crippen LogP contribution in [0.4, 0.5) is 11.4 Å². The Hall–Kier alpha value is -2.92. The molecular formula is C23H22N2O2S. The van der Waals surface area contributed by atoms with Crippen LogP contribution in [0.1, 0.15) is 33.6 Å². The Labute approximate surface area is 168 Å². The lowest BCUT2D eigenvalue weighted by Gasteiger charge is -2.30. The molecule has 28 heavy (non-hydrogen) atoms. The summed E-state index contributed by atoms with van der Waals surface area (Å²) in [5.41, 5.74) is 3.54. The molecule has 4 nitrogen and oxygen atoms in total. The van der Waals surface area contributed by atoms with Crippen molar-refractivity contribution in [2.75, 3.05) is 16.8 Å². The lowest BCUT2D eigenvalue weighted by atomic mass is 10.00. The topological polar surface area (TPSA) is 49.4 Å². The number of thiophene rings is 1. The fourth-order valence-corrected chi connectivity index (χ4v) is 4.25. The van der Waals surface area contributed by atoms with Gasteiger partial charge in [0.2, 0.25) is 5.91 Å². The van der Waals surface area contributed by atoms with Crippen LogP contribution in [-0.4, -0.2) is 18.4 Å². The van der Waals surface area contributed by atoms with Crippen molar-refractivity contribution in [2.45, 2.75) is 25.7 Å². The van der Waals surface area contributed by atoms with Crippen LogP contribution in [0, 0.1) is 0 Å². The van der Waals surface area contributed by atoms with Gasteiger partial charge in [0.1, 0.15) is 0 Å². The van der Waals surface area contributed by atoms with E-state index >= 15 is 0 Å². The summed E-state index contributed by atoms with van der Waals surface area (Å²) >= 11 is 1.67. The summed E-state index contributed by atoms with van der Waals surface area (Å²) in [6.45, 7) is 0.716. The fourth-order valence-electron chi connectivity index (χ4n) is 3.54. The van der Waals surface area contributed by atoms with E-state index < -0.39 is 0 Å². The SMILES string of the molecule is O=C(CCc1cccs1)Nc1ccc2c(c1)CCCN2C(=O)c1ccccc1. The zero-order valence-electron chi connectivity index (χ0n) is 15.6. The molecule has 0 fully saturated rings. The van der Waals surface area contributed by atoms with Gasteiger partial charge in [-0.3, -0.25) is 9.59 Å². The minimum Gasteiger partial charge on any atom is -0.326 e. The number of nitrogens with zero attached hydrogens (tertiary/aromatic N) is 1. The third-order valence-corrected chi connectivity index (χ3v) is 5.86. The van der Waals surface area contributed by atoms with Gasteiger partial charge in [0.25, 0.3) is 5.91 Å². The molecule has 0 atom stereocenters. The van der Waals surface area contributed by atoms with Gasteiger partial charge in [0.05, 0.1) is 0 Å². The van der Waals surface area contributed by atoms with E-state index in [4.69, 9.17) is 0 Å². The minimum atomic E-state index is 0.0152. The van der Waals surface area contributed by atoms with Gasteiger partial charge in [-0.05, 0) is 66.6 Å². The van der Waals surface area contributed by atoms with Gasteiger partial charge in [0.15, 0.2) is 0 Å². The Kier molecular flexibility index (Phi) is 5.53. The first-order valence-corrected chi connectivity index (χ1v) is 10.4. The normalized spacial score (nSPS) is 13.1. The van der Waals surface area contributed by atoms with Crippen LogP contribution in [-0.2, 0) is 17.6 Å². The highest BCUT2D eigenvalue weighted by Gasteiger charge is 2.23. The number of aryl methyl sites for hydroxylation is 2. The molecule has 3 aromatic rings. The van der Waals surface area contributed by atoms with Gasteiger partial charge < -0.3 is 10.2 Å². The van der Waals surface area contributed by atoms with E-state index in [0.717, 1.165) is 36.2 Å². The molecule has 142 valence electrons. The van der Waals surface area contributed by atoms with E-state index in [2.05, 4.69) is 11.4 Å². The largest absolute Gasteiger partial charge is 0.326 e. The zero-order valence-corrected chi connectivity index (χ0v) is 16.4. The summed E-state index contributed by atoms with van der Waals surface area (Å²) in [5, 5.41) is 5.02. The molecule has 4 rings (SSSR count). The molecule has 0 saturated carbocycles. The van der Waals surface area contributed by atoms with Crippen LogP contribution < -0.4 is 10.2 Å². The summed E-state index contributed by atoms with van der Waals surface area (Å²) in [6.07, 6.45) is 3.05. The van der Waals surface area contributed by atoms with Crippen LogP contribution in [0.2, 0.25) is 0 Å². The number of nitrogens with one attached hydrogen (secondary N) is 1. The number of hydrogen-bond donors (Lipinski definition) is 1. The van der Waals surface area contributed by atoms with Crippen molar-refractivity contribution >= 4 is 34.5 Å². The highest BCUT2D eigenvalue weighted by Crippen LogP contribution is 2.31. The molecule has 0 radical (unpaired) electrons. The molecule has 1 aliphatic rings. The molecule has 2 heterocycles. The quantitative estimate of drug-likeness (QED) is 0.673. The van der Waals surface area contributed by atoms with Crippen molar-refractivity contribution in [2.24, 2.45) is 0 Å². The molecule has 0 bridgehead atoms. The number of hydrogen-bond acceptors (Lipinski definition) is 3. The second kappa shape index (κ2) is 8.40. The van der Waals surface area contributed by atoms with Gasteiger partial charge in [-0.2, -0.15) is 0 Å². The highest BCUT2D eigenvalue weighted by atomic mass is 32.1. The maximum atomic E-state index is 12.9. The highest BCUT2D eigenvalue weighted by molar-refractivity contribution is 7.09. The van der Waals surface area contributed by atoms with E-state index in [0.29, 0.717) is 18.5 Å². The average Bonchev–Trinajstić information content (AvgIpc) is 3.25. The van der Waals surface area contributed by atoms with Crippen molar-refractivity contribution in [3.05, 3.63) is 82.0 Å². The second-order valence-corrected chi connectivity index (χ2v) is 7.93. The van der Waals surface area contributed by atoms with Crippen molar-refractivity contribution in [1.29, 1.82) is 0 Å². The number of amides is 2. The van der Waals surface area contributed by atoms with Crippen LogP contribution in [0.3, 0.4) is 0 Å². The van der Waals surface area contributed by atoms with E-state index in [-0.39, 0.29) is 11.8 Å². The van der Waals surface area contributed by atoms with E-state index in [1.165, 1.54) is 4.88 Å². The Morgan fingerprint density at radius 3 is 2.68 bits per heavy atom. The molecule has 5 heteroatoms. The maximum Gasteiger partial charge on any atom is 0.258 e. The van der Waals surface area contributed by atoms with Crippen molar-refractivity contribution in [1.82, 2.24) is 0 Å². The molecule has 0 aliphatic carbocycles. The van der Waals surface area contributed by atoms with Gasteiger partial charge in [0, 0.05) is 34.8 Å². The van der Waals surface area contributed by atoms with Crippen LogP contribution >= 0.6 is 11.3 Å². The average molecular weight is 391 g/mol. The molecule has 2 aromatic carbocycles. The first kappa shape index (κ1) is 18.4. The standard InChI is InChI=1S/C23H22N2O2S/c26-22(13-11-20-9-5-15-28-20)24-19-10-12-21-18(16-19)8-4-14-25(21)23(27)17-6-2-1-3-7-17/h1-3,5-7,9-10,12,15-16H,4,8,11,13-14H2,(H,24,26). The number of rotatable bonds is 5. The van der Waals surface area contributed by atoms with Gasteiger partial charge in [-0.25, -0.2) is 0 Å². The van der Waals surface area contributed by atoms with Crippen molar-refractivity contribution in [3.8, 4) is 0 Å². The Morgan fingerprint density at radius 2 is 1.89 bits per heavy atom. The fraction of sp³-hybridized carbons (Fsp3) is 0.217. The monoisotopic (exact) mass is 390 g/mol. The number of carbonyl (C=O) groups excluding carboxylic acids is 2. The predicted molar refractivity (Wildman–Crippen MR) is 114 cm³/mol. The van der Waals surface area contributed by atoms with E-state index in [1.807, 2.05) is 64.9 Å². The third-order valence-electron chi connectivity index (χ3n) is 4.93. The first-order chi connectivity index (χ1) is 13.7. The molecular weight excluding hydrogens is 368 g/mol. The summed E-state index contributed by atoms with van der Waals surface area (Å²) in [6, 6.07) is 19.3. The molecule has 1 aliphatic heterocycles. The molecule has 0 spiro atoms. The lowest BCUT2D eigenvalue weighted by molar-refractivity contribution is -0.116. The Balaban J connectivity index is 1.45. The molecule has 1 N–H and O–H groups in total. The molecule has 2 amide bonds. The van der Waals surface area contributed by atoms with E-state index in [9.17, 15) is 9.59 Å². The maximum absolute atomic E-state index is 12.9. The van der Waals surface area contributed by atoms with Crippen LogP contribution in [0.25, 0.3) is 0 Å². The number of anilines is 2. The lowest BCUT2D eigenvalue weighted by Crippen LogP contribution is -2.35.